The van der Waals surface area contributed by atoms with Crippen molar-refractivity contribution in [1.29, 1.82) is 0 Å². The Hall–Kier alpha value is -3.18. The summed E-state index contributed by atoms with van der Waals surface area (Å²) in [4.78, 5) is 2.40. The third kappa shape index (κ3) is 4.62. The van der Waals surface area contributed by atoms with E-state index in [0.29, 0.717) is 0 Å². The first-order chi connectivity index (χ1) is 15.1. The van der Waals surface area contributed by atoms with Crippen LogP contribution in [-0.4, -0.2) is 35.9 Å². The highest BCUT2D eigenvalue weighted by Crippen LogP contribution is 2.37. The Morgan fingerprint density at radius 2 is 1.48 bits per heavy atom. The lowest BCUT2D eigenvalue weighted by atomic mass is 9.93. The molecule has 1 aliphatic heterocycles. The van der Waals surface area contributed by atoms with Crippen LogP contribution in [-0.2, 0) is 32.4 Å². The molecule has 0 saturated heterocycles. The van der Waals surface area contributed by atoms with E-state index in [1.165, 1.54) is 11.1 Å². The molecule has 4 rings (SSSR count). The SMILES string of the molecule is COc1ccc2c(c1OC)CN(Cc1ccccc1)CCc1cc(O)c(O)cc1CC2. The quantitative estimate of drug-likeness (QED) is 0.612. The van der Waals surface area contributed by atoms with Crippen LogP contribution in [0, 0.1) is 0 Å². The first-order valence-electron chi connectivity index (χ1n) is 10.6. The number of aryl methyl sites for hydroxylation is 2. The van der Waals surface area contributed by atoms with Crippen molar-refractivity contribution in [1.82, 2.24) is 4.90 Å². The van der Waals surface area contributed by atoms with Gasteiger partial charge in [-0.1, -0.05) is 36.4 Å². The van der Waals surface area contributed by atoms with Crippen molar-refractivity contribution in [3.05, 3.63) is 82.4 Å². The number of aromatic hydroxyl groups is 2. The van der Waals surface area contributed by atoms with Crippen LogP contribution in [0.25, 0.3) is 0 Å². The first kappa shape index (κ1) is 21.1. The Bertz CT molecular complexity index is 1050. The number of nitrogens with zero attached hydrogens (tertiary/aromatic N) is 1. The fourth-order valence-electron chi connectivity index (χ4n) is 4.40. The zero-order valence-corrected chi connectivity index (χ0v) is 18.1. The Kier molecular flexibility index (Phi) is 6.33. The van der Waals surface area contributed by atoms with Crippen LogP contribution in [0.5, 0.6) is 23.0 Å². The van der Waals surface area contributed by atoms with Crippen molar-refractivity contribution in [3.8, 4) is 23.0 Å². The van der Waals surface area contributed by atoms with Crippen LogP contribution >= 0.6 is 0 Å². The van der Waals surface area contributed by atoms with E-state index in [1.807, 2.05) is 12.1 Å². The maximum absolute atomic E-state index is 10.1. The average molecular weight is 420 g/mol. The van der Waals surface area contributed by atoms with Gasteiger partial charge in [-0.3, -0.25) is 4.90 Å². The van der Waals surface area contributed by atoms with Gasteiger partial charge in [-0.05, 0) is 59.7 Å². The molecular weight excluding hydrogens is 390 g/mol. The van der Waals surface area contributed by atoms with Crippen LogP contribution in [0.4, 0.5) is 0 Å². The van der Waals surface area contributed by atoms with Crippen molar-refractivity contribution < 1.29 is 19.7 Å². The normalized spacial score (nSPS) is 14.4. The molecule has 3 aromatic carbocycles. The Labute approximate surface area is 183 Å². The summed E-state index contributed by atoms with van der Waals surface area (Å²) < 4.78 is 11.3. The molecule has 1 aliphatic rings. The van der Waals surface area contributed by atoms with Gasteiger partial charge in [0.2, 0.25) is 0 Å². The number of hydrogen-bond acceptors (Lipinski definition) is 5. The fourth-order valence-corrected chi connectivity index (χ4v) is 4.40. The highest BCUT2D eigenvalue weighted by atomic mass is 16.5. The first-order valence-corrected chi connectivity index (χ1v) is 10.6. The number of methoxy groups -OCH3 is 2. The van der Waals surface area contributed by atoms with Crippen molar-refractivity contribution in [2.24, 2.45) is 0 Å². The molecule has 0 fully saturated rings. The summed E-state index contributed by atoms with van der Waals surface area (Å²) in [5.74, 6) is 1.40. The molecule has 5 nitrogen and oxygen atoms in total. The van der Waals surface area contributed by atoms with Crippen LogP contribution < -0.4 is 9.47 Å². The molecule has 0 unspecified atom stereocenters. The number of benzene rings is 3. The van der Waals surface area contributed by atoms with Crippen LogP contribution in [0.1, 0.15) is 27.8 Å². The molecule has 0 saturated carbocycles. The Morgan fingerprint density at radius 3 is 2.16 bits per heavy atom. The summed E-state index contributed by atoms with van der Waals surface area (Å²) in [6.45, 7) is 2.36. The van der Waals surface area contributed by atoms with Gasteiger partial charge in [0.1, 0.15) is 0 Å². The second kappa shape index (κ2) is 9.31. The molecule has 5 heteroatoms. The molecular formula is C26H29NO4. The lowest BCUT2D eigenvalue weighted by molar-refractivity contribution is 0.252. The van der Waals surface area contributed by atoms with Crippen LogP contribution in [0.2, 0.25) is 0 Å². The van der Waals surface area contributed by atoms with Crippen molar-refractivity contribution in [2.45, 2.75) is 32.4 Å². The van der Waals surface area contributed by atoms with E-state index in [9.17, 15) is 10.2 Å². The van der Waals surface area contributed by atoms with Gasteiger partial charge < -0.3 is 19.7 Å². The number of ether oxygens (including phenoxy) is 2. The number of phenols is 2. The molecule has 0 atom stereocenters. The van der Waals surface area contributed by atoms with E-state index < -0.39 is 0 Å². The van der Waals surface area contributed by atoms with E-state index in [2.05, 4.69) is 35.2 Å². The van der Waals surface area contributed by atoms with Crippen LogP contribution in [0.3, 0.4) is 0 Å². The summed E-state index contributed by atoms with van der Waals surface area (Å²) in [5, 5.41) is 20.1. The van der Waals surface area contributed by atoms with Gasteiger partial charge in [0.05, 0.1) is 14.2 Å². The number of rotatable bonds is 4. The zero-order chi connectivity index (χ0) is 21.8. The maximum atomic E-state index is 10.1. The average Bonchev–Trinajstić information content (AvgIpc) is 2.79. The third-order valence-electron chi connectivity index (χ3n) is 6.03. The molecule has 1 heterocycles. The fraction of sp³-hybridized carbons (Fsp3) is 0.308. The third-order valence-corrected chi connectivity index (χ3v) is 6.03. The topological polar surface area (TPSA) is 62.2 Å². The molecule has 0 radical (unpaired) electrons. The van der Waals surface area contributed by atoms with E-state index in [0.717, 1.165) is 67.1 Å². The van der Waals surface area contributed by atoms with Crippen molar-refractivity contribution in [3.63, 3.8) is 0 Å². The molecule has 0 aliphatic carbocycles. The number of hydrogen-bond donors (Lipinski definition) is 2. The molecule has 31 heavy (non-hydrogen) atoms. The zero-order valence-electron chi connectivity index (χ0n) is 18.1. The standard InChI is InChI=1S/C26H29NO4/c1-30-25-11-10-19-8-9-20-14-23(28)24(29)15-21(20)12-13-27(17-22(19)26(25)31-2)16-18-6-4-3-5-7-18/h3-7,10-11,14-15,28-29H,8-9,12-13,16-17H2,1-2H3. The van der Waals surface area contributed by atoms with Gasteiger partial charge in [-0.15, -0.1) is 0 Å². The lowest BCUT2D eigenvalue weighted by Gasteiger charge is -2.27. The van der Waals surface area contributed by atoms with Crippen LogP contribution in [0.15, 0.2) is 54.6 Å². The van der Waals surface area contributed by atoms with Crippen molar-refractivity contribution in [2.75, 3.05) is 20.8 Å². The summed E-state index contributed by atoms with van der Waals surface area (Å²) >= 11 is 0. The summed E-state index contributed by atoms with van der Waals surface area (Å²) in [5.41, 5.74) is 5.74. The van der Waals surface area contributed by atoms with Gasteiger partial charge in [-0.2, -0.15) is 0 Å². The number of fused-ring (bicyclic) bond motifs is 2. The summed E-state index contributed by atoms with van der Waals surface area (Å²) in [7, 11) is 3.35. The molecule has 0 aromatic heterocycles. The smallest absolute Gasteiger partial charge is 0.165 e. The highest BCUT2D eigenvalue weighted by molar-refractivity contribution is 5.52. The second-order valence-corrected chi connectivity index (χ2v) is 7.99. The molecule has 0 bridgehead atoms. The predicted molar refractivity (Wildman–Crippen MR) is 121 cm³/mol. The maximum Gasteiger partial charge on any atom is 0.165 e. The van der Waals surface area contributed by atoms with Gasteiger partial charge in [0, 0.05) is 25.2 Å². The van der Waals surface area contributed by atoms with Crippen molar-refractivity contribution >= 4 is 0 Å². The minimum Gasteiger partial charge on any atom is -0.504 e. The minimum atomic E-state index is -0.0653. The number of phenolic OH excluding ortho intramolecular Hbond substituents is 2. The molecule has 162 valence electrons. The highest BCUT2D eigenvalue weighted by Gasteiger charge is 2.21. The molecule has 3 aromatic rings. The summed E-state index contributed by atoms with van der Waals surface area (Å²) in [6.07, 6.45) is 2.38. The van der Waals surface area contributed by atoms with Gasteiger partial charge >= 0.3 is 0 Å². The Balaban J connectivity index is 1.77. The Morgan fingerprint density at radius 1 is 0.806 bits per heavy atom. The minimum absolute atomic E-state index is 0.0581. The predicted octanol–water partition coefficient (Wildman–Crippen LogP) is 4.46. The molecule has 0 spiro atoms. The molecule has 0 amide bonds. The monoisotopic (exact) mass is 419 g/mol. The molecule has 2 N–H and O–H groups in total. The largest absolute Gasteiger partial charge is 0.504 e. The van der Waals surface area contributed by atoms with E-state index in [4.69, 9.17) is 9.47 Å². The lowest BCUT2D eigenvalue weighted by Crippen LogP contribution is -2.27. The summed E-state index contributed by atoms with van der Waals surface area (Å²) in [6, 6.07) is 17.9. The van der Waals surface area contributed by atoms with E-state index >= 15 is 0 Å². The van der Waals surface area contributed by atoms with Gasteiger partial charge in [-0.25, -0.2) is 0 Å². The van der Waals surface area contributed by atoms with Gasteiger partial charge in [0.15, 0.2) is 23.0 Å². The van der Waals surface area contributed by atoms with E-state index in [-0.39, 0.29) is 11.5 Å². The van der Waals surface area contributed by atoms with E-state index in [1.54, 1.807) is 26.4 Å². The second-order valence-electron chi connectivity index (χ2n) is 7.99. The van der Waals surface area contributed by atoms with Gasteiger partial charge in [0.25, 0.3) is 0 Å².